The Labute approximate surface area is 179 Å². The van der Waals surface area contributed by atoms with Crippen LogP contribution >= 0.6 is 11.8 Å². The number of imide groups is 1. The maximum Gasteiger partial charge on any atom is 0.293 e. The van der Waals surface area contributed by atoms with Crippen LogP contribution in [0.4, 0.5) is 9.18 Å². The van der Waals surface area contributed by atoms with E-state index in [1.54, 1.807) is 24.3 Å². The van der Waals surface area contributed by atoms with Gasteiger partial charge >= 0.3 is 0 Å². The largest absolute Gasteiger partial charge is 0.349 e. The predicted molar refractivity (Wildman–Crippen MR) is 114 cm³/mol. The molecule has 3 aromatic rings. The number of rotatable bonds is 5. The van der Waals surface area contributed by atoms with Gasteiger partial charge in [0.25, 0.3) is 22.6 Å². The number of aromatic amines is 1. The SMILES string of the molecule is O=C(NCCN1C(=O)S/C(=C\c2ccc(F)cc2)C1=O)c1n[nH]c(=O)c2ccccc12. The van der Waals surface area contributed by atoms with Gasteiger partial charge in [-0.25, -0.2) is 9.49 Å². The first-order valence-electron chi connectivity index (χ1n) is 9.20. The van der Waals surface area contributed by atoms with E-state index in [2.05, 4.69) is 15.5 Å². The second kappa shape index (κ2) is 8.52. The first kappa shape index (κ1) is 20.5. The third-order valence-corrected chi connectivity index (χ3v) is 5.48. The number of nitrogens with one attached hydrogen (secondary N) is 2. The maximum atomic E-state index is 13.0. The molecule has 3 amide bonds. The molecule has 2 N–H and O–H groups in total. The lowest BCUT2D eigenvalue weighted by Crippen LogP contribution is -2.37. The van der Waals surface area contributed by atoms with Gasteiger partial charge in [0.15, 0.2) is 5.69 Å². The lowest BCUT2D eigenvalue weighted by atomic mass is 10.1. The van der Waals surface area contributed by atoms with E-state index in [4.69, 9.17) is 0 Å². The first-order valence-corrected chi connectivity index (χ1v) is 10.0. The lowest BCUT2D eigenvalue weighted by Gasteiger charge is -2.13. The zero-order valence-corrected chi connectivity index (χ0v) is 16.7. The van der Waals surface area contributed by atoms with E-state index in [1.165, 1.54) is 30.3 Å². The van der Waals surface area contributed by atoms with Crippen LogP contribution in [-0.2, 0) is 4.79 Å². The molecule has 156 valence electrons. The Bertz CT molecular complexity index is 1290. The number of fused-ring (bicyclic) bond motifs is 1. The van der Waals surface area contributed by atoms with E-state index in [0.29, 0.717) is 16.3 Å². The number of carbonyl (C=O) groups is 3. The van der Waals surface area contributed by atoms with Crippen molar-refractivity contribution in [2.24, 2.45) is 0 Å². The summed E-state index contributed by atoms with van der Waals surface area (Å²) in [6, 6.07) is 12.1. The minimum Gasteiger partial charge on any atom is -0.349 e. The van der Waals surface area contributed by atoms with Crippen LogP contribution in [0.1, 0.15) is 16.1 Å². The standard InChI is InChI=1S/C21H15FN4O4S/c22-13-7-5-12(6-8-13)11-16-20(29)26(21(30)31-16)10-9-23-19(28)17-14-3-1-2-4-15(14)18(27)25-24-17/h1-8,11H,9-10H2,(H,23,28)(H,25,27)/b16-11-. The molecule has 4 rings (SSSR count). The third kappa shape index (κ3) is 4.24. The molecule has 1 aliphatic rings. The van der Waals surface area contributed by atoms with Gasteiger partial charge < -0.3 is 5.32 Å². The van der Waals surface area contributed by atoms with Crippen molar-refractivity contribution in [3.8, 4) is 0 Å². The van der Waals surface area contributed by atoms with Crippen molar-refractivity contribution in [3.05, 3.63) is 80.9 Å². The summed E-state index contributed by atoms with van der Waals surface area (Å²) in [6.07, 6.45) is 1.51. The van der Waals surface area contributed by atoms with E-state index in [1.807, 2.05) is 0 Å². The number of amides is 3. The Morgan fingerprint density at radius 1 is 1.10 bits per heavy atom. The van der Waals surface area contributed by atoms with Gasteiger partial charge in [0.1, 0.15) is 5.82 Å². The highest BCUT2D eigenvalue weighted by molar-refractivity contribution is 8.18. The molecule has 1 aromatic heterocycles. The molecule has 10 heteroatoms. The van der Waals surface area contributed by atoms with Crippen LogP contribution in [0.25, 0.3) is 16.8 Å². The van der Waals surface area contributed by atoms with E-state index in [-0.39, 0.29) is 23.7 Å². The van der Waals surface area contributed by atoms with Crippen LogP contribution in [0.2, 0.25) is 0 Å². The van der Waals surface area contributed by atoms with E-state index in [0.717, 1.165) is 16.7 Å². The third-order valence-electron chi connectivity index (χ3n) is 4.57. The quantitative estimate of drug-likeness (QED) is 0.592. The average Bonchev–Trinajstić information content (AvgIpc) is 3.03. The number of thioether (sulfide) groups is 1. The number of H-pyrrole nitrogens is 1. The lowest BCUT2D eigenvalue weighted by molar-refractivity contribution is -0.122. The van der Waals surface area contributed by atoms with Crippen molar-refractivity contribution in [3.63, 3.8) is 0 Å². The number of halogens is 1. The van der Waals surface area contributed by atoms with Gasteiger partial charge in [-0.3, -0.25) is 24.1 Å². The summed E-state index contributed by atoms with van der Waals surface area (Å²) < 4.78 is 13.0. The molecular formula is C21H15FN4O4S. The molecule has 1 fully saturated rings. The number of hydrogen-bond donors (Lipinski definition) is 2. The second-order valence-corrected chi connectivity index (χ2v) is 7.58. The van der Waals surface area contributed by atoms with Gasteiger partial charge in [-0.15, -0.1) is 0 Å². The van der Waals surface area contributed by atoms with E-state index < -0.39 is 28.4 Å². The number of nitrogens with zero attached hydrogens (tertiary/aromatic N) is 2. The Morgan fingerprint density at radius 2 is 1.81 bits per heavy atom. The van der Waals surface area contributed by atoms with Crippen molar-refractivity contribution in [1.82, 2.24) is 20.4 Å². The smallest absolute Gasteiger partial charge is 0.293 e. The molecule has 0 atom stereocenters. The molecule has 1 aliphatic heterocycles. The predicted octanol–water partition coefficient (Wildman–Crippen LogP) is 2.53. The molecule has 8 nitrogen and oxygen atoms in total. The van der Waals surface area contributed by atoms with Gasteiger partial charge in [-0.1, -0.05) is 30.3 Å². The van der Waals surface area contributed by atoms with E-state index >= 15 is 0 Å². The van der Waals surface area contributed by atoms with Crippen LogP contribution in [0, 0.1) is 5.82 Å². The molecule has 0 radical (unpaired) electrons. The molecule has 2 aromatic carbocycles. The zero-order valence-electron chi connectivity index (χ0n) is 15.9. The van der Waals surface area contributed by atoms with Crippen molar-refractivity contribution >= 4 is 45.7 Å². The van der Waals surface area contributed by atoms with Gasteiger partial charge in [0, 0.05) is 18.5 Å². The van der Waals surface area contributed by atoms with Crippen LogP contribution in [-0.4, -0.2) is 45.2 Å². The number of hydrogen-bond acceptors (Lipinski definition) is 6. The highest BCUT2D eigenvalue weighted by atomic mass is 32.2. The van der Waals surface area contributed by atoms with Crippen LogP contribution in [0.5, 0.6) is 0 Å². The monoisotopic (exact) mass is 438 g/mol. The molecular weight excluding hydrogens is 423 g/mol. The molecule has 0 unspecified atom stereocenters. The van der Waals surface area contributed by atoms with Gasteiger partial charge in [-0.2, -0.15) is 5.10 Å². The van der Waals surface area contributed by atoms with Crippen LogP contribution in [0.15, 0.2) is 58.2 Å². The van der Waals surface area contributed by atoms with Crippen molar-refractivity contribution < 1.29 is 18.8 Å². The molecule has 2 heterocycles. The summed E-state index contributed by atoms with van der Waals surface area (Å²) in [6.45, 7) is -0.0196. The Balaban J connectivity index is 1.42. The number of benzene rings is 2. The fourth-order valence-corrected chi connectivity index (χ4v) is 3.92. The van der Waals surface area contributed by atoms with Crippen molar-refractivity contribution in [2.75, 3.05) is 13.1 Å². The van der Waals surface area contributed by atoms with Crippen LogP contribution < -0.4 is 10.9 Å². The molecule has 0 aliphatic carbocycles. The average molecular weight is 438 g/mol. The summed E-state index contributed by atoms with van der Waals surface area (Å²) >= 11 is 0.780. The number of aromatic nitrogens is 2. The van der Waals surface area contributed by atoms with Gasteiger partial charge in [0.2, 0.25) is 0 Å². The van der Waals surface area contributed by atoms with Crippen LogP contribution in [0.3, 0.4) is 0 Å². The Morgan fingerprint density at radius 3 is 2.55 bits per heavy atom. The normalized spacial score (nSPS) is 15.1. The second-order valence-electron chi connectivity index (χ2n) is 6.59. The number of carbonyl (C=O) groups excluding carboxylic acids is 3. The fourth-order valence-electron chi connectivity index (χ4n) is 3.06. The first-order chi connectivity index (χ1) is 14.9. The van der Waals surface area contributed by atoms with Gasteiger partial charge in [-0.05, 0) is 41.6 Å². The molecule has 31 heavy (non-hydrogen) atoms. The zero-order chi connectivity index (χ0) is 22.0. The molecule has 0 bridgehead atoms. The molecule has 0 saturated carbocycles. The highest BCUT2D eigenvalue weighted by Crippen LogP contribution is 2.31. The summed E-state index contributed by atoms with van der Waals surface area (Å²) in [5.74, 6) is -1.42. The highest BCUT2D eigenvalue weighted by Gasteiger charge is 2.34. The molecule has 1 saturated heterocycles. The summed E-state index contributed by atoms with van der Waals surface area (Å²) in [4.78, 5) is 50.3. The fraction of sp³-hybridized carbons (Fsp3) is 0.0952. The summed E-state index contributed by atoms with van der Waals surface area (Å²) in [5, 5.41) is 8.98. The van der Waals surface area contributed by atoms with E-state index in [9.17, 15) is 23.6 Å². The van der Waals surface area contributed by atoms with Gasteiger partial charge in [0.05, 0.1) is 10.3 Å². The van der Waals surface area contributed by atoms with Crippen molar-refractivity contribution in [1.29, 1.82) is 0 Å². The summed E-state index contributed by atoms with van der Waals surface area (Å²) in [5.41, 5.74) is 0.231. The minimum absolute atomic E-state index is 0.00976. The minimum atomic E-state index is -0.540. The Kier molecular flexibility index (Phi) is 5.63. The maximum absolute atomic E-state index is 13.0. The summed E-state index contributed by atoms with van der Waals surface area (Å²) in [7, 11) is 0. The molecule has 0 spiro atoms. The Hall–Kier alpha value is -3.79. The topological polar surface area (TPSA) is 112 Å². The van der Waals surface area contributed by atoms with Crippen molar-refractivity contribution in [2.45, 2.75) is 0 Å².